The SMILES string of the molecule is O=C1N[C@@H](c2ccccc2[N+](=O)[O-])C(=C(O)c2ccc(Cl)cc2)C1=O. The summed E-state index contributed by atoms with van der Waals surface area (Å²) in [6.45, 7) is 0. The highest BCUT2D eigenvalue weighted by molar-refractivity contribution is 6.46. The van der Waals surface area contributed by atoms with Crippen molar-refractivity contribution in [2.75, 3.05) is 0 Å². The zero-order chi connectivity index (χ0) is 18.1. The average molecular weight is 359 g/mol. The van der Waals surface area contributed by atoms with Gasteiger partial charge in [-0.1, -0.05) is 23.7 Å². The Morgan fingerprint density at radius 3 is 2.40 bits per heavy atom. The number of halogens is 1. The molecule has 25 heavy (non-hydrogen) atoms. The first-order chi connectivity index (χ1) is 11.9. The summed E-state index contributed by atoms with van der Waals surface area (Å²) in [5.41, 5.74) is -0.111. The topological polar surface area (TPSA) is 110 Å². The minimum atomic E-state index is -1.11. The lowest BCUT2D eigenvalue weighted by Gasteiger charge is -2.13. The van der Waals surface area contributed by atoms with Crippen molar-refractivity contribution < 1.29 is 19.6 Å². The second kappa shape index (κ2) is 6.37. The van der Waals surface area contributed by atoms with E-state index in [-0.39, 0.29) is 22.4 Å². The van der Waals surface area contributed by atoms with Gasteiger partial charge in [0.15, 0.2) is 0 Å². The molecular formula is C17H11ClN2O5. The van der Waals surface area contributed by atoms with Gasteiger partial charge in [-0.15, -0.1) is 0 Å². The van der Waals surface area contributed by atoms with Crippen LogP contribution in [0, 0.1) is 10.1 Å². The Morgan fingerprint density at radius 1 is 1.12 bits per heavy atom. The van der Waals surface area contributed by atoms with Crippen LogP contribution in [0.2, 0.25) is 5.02 Å². The van der Waals surface area contributed by atoms with Crippen LogP contribution in [0.15, 0.2) is 54.1 Å². The van der Waals surface area contributed by atoms with E-state index in [4.69, 9.17) is 11.6 Å². The Hall–Kier alpha value is -3.19. The van der Waals surface area contributed by atoms with E-state index < -0.39 is 28.4 Å². The second-order valence-electron chi connectivity index (χ2n) is 5.32. The Balaban J connectivity index is 2.18. The fraction of sp³-hybridized carbons (Fsp3) is 0.0588. The highest BCUT2D eigenvalue weighted by Crippen LogP contribution is 2.36. The molecule has 8 heteroatoms. The number of nitro benzene ring substituents is 1. The number of nitrogens with zero attached hydrogens (tertiary/aromatic N) is 1. The van der Waals surface area contributed by atoms with Gasteiger partial charge in [0.2, 0.25) is 0 Å². The molecule has 0 unspecified atom stereocenters. The number of Topliss-reactive ketones (excluding diaryl/α,β-unsaturated/α-hetero) is 1. The van der Waals surface area contributed by atoms with Crippen LogP contribution in [0.25, 0.3) is 5.76 Å². The molecule has 126 valence electrons. The number of aliphatic hydroxyl groups excluding tert-OH is 1. The summed E-state index contributed by atoms with van der Waals surface area (Å²) in [4.78, 5) is 34.7. The molecule has 7 nitrogen and oxygen atoms in total. The minimum absolute atomic E-state index is 0.113. The fourth-order valence-corrected chi connectivity index (χ4v) is 2.79. The van der Waals surface area contributed by atoms with Gasteiger partial charge in [-0.05, 0) is 30.3 Å². The van der Waals surface area contributed by atoms with Gasteiger partial charge in [0.05, 0.1) is 22.1 Å². The van der Waals surface area contributed by atoms with Crippen LogP contribution in [-0.4, -0.2) is 21.7 Å². The molecule has 0 aromatic heterocycles. The third kappa shape index (κ3) is 2.97. The monoisotopic (exact) mass is 358 g/mol. The summed E-state index contributed by atoms with van der Waals surface area (Å²) < 4.78 is 0. The van der Waals surface area contributed by atoms with Crippen molar-refractivity contribution in [3.63, 3.8) is 0 Å². The van der Waals surface area contributed by atoms with Gasteiger partial charge < -0.3 is 10.4 Å². The van der Waals surface area contributed by atoms with Crippen LogP contribution in [-0.2, 0) is 9.59 Å². The van der Waals surface area contributed by atoms with E-state index in [1.54, 1.807) is 6.07 Å². The Bertz CT molecular complexity index is 921. The van der Waals surface area contributed by atoms with Gasteiger partial charge >= 0.3 is 0 Å². The van der Waals surface area contributed by atoms with Crippen molar-refractivity contribution in [1.29, 1.82) is 0 Å². The van der Waals surface area contributed by atoms with Gasteiger partial charge in [-0.25, -0.2) is 0 Å². The quantitative estimate of drug-likeness (QED) is 0.288. The predicted octanol–water partition coefficient (Wildman–Crippen LogP) is 2.96. The predicted molar refractivity (Wildman–Crippen MR) is 90.0 cm³/mol. The van der Waals surface area contributed by atoms with E-state index in [1.807, 2.05) is 0 Å². The number of para-hydroxylation sites is 1. The molecule has 1 saturated heterocycles. The molecule has 1 aliphatic heterocycles. The van der Waals surface area contributed by atoms with Crippen molar-refractivity contribution >= 4 is 34.7 Å². The van der Waals surface area contributed by atoms with Gasteiger partial charge in [0.1, 0.15) is 5.76 Å². The van der Waals surface area contributed by atoms with Crippen LogP contribution in [0.4, 0.5) is 5.69 Å². The molecule has 0 aliphatic carbocycles. The lowest BCUT2D eigenvalue weighted by Crippen LogP contribution is -2.21. The molecule has 2 N–H and O–H groups in total. The Kier molecular flexibility index (Phi) is 4.24. The molecular weight excluding hydrogens is 348 g/mol. The number of ketones is 1. The molecule has 0 radical (unpaired) electrons. The molecule has 2 aromatic rings. The number of carbonyl (C=O) groups excluding carboxylic acids is 2. The van der Waals surface area contributed by atoms with Gasteiger partial charge in [-0.3, -0.25) is 19.7 Å². The van der Waals surface area contributed by atoms with Crippen LogP contribution in [0.3, 0.4) is 0 Å². The van der Waals surface area contributed by atoms with E-state index in [1.165, 1.54) is 42.5 Å². The van der Waals surface area contributed by atoms with Crippen molar-refractivity contribution in [2.45, 2.75) is 6.04 Å². The number of benzene rings is 2. The number of amides is 1. The maximum atomic E-state index is 12.2. The summed E-state index contributed by atoms with van der Waals surface area (Å²) in [6, 6.07) is 10.6. The van der Waals surface area contributed by atoms with Crippen molar-refractivity contribution in [1.82, 2.24) is 5.32 Å². The van der Waals surface area contributed by atoms with E-state index >= 15 is 0 Å². The zero-order valence-electron chi connectivity index (χ0n) is 12.6. The summed E-state index contributed by atoms with van der Waals surface area (Å²) in [5.74, 6) is -2.29. The van der Waals surface area contributed by atoms with Crippen molar-refractivity contribution in [3.8, 4) is 0 Å². The number of nitro groups is 1. The summed E-state index contributed by atoms with van der Waals surface area (Å²) >= 11 is 5.80. The van der Waals surface area contributed by atoms with Crippen LogP contribution in [0.1, 0.15) is 17.2 Å². The Morgan fingerprint density at radius 2 is 1.76 bits per heavy atom. The van der Waals surface area contributed by atoms with Gasteiger partial charge in [-0.2, -0.15) is 0 Å². The third-order valence-electron chi connectivity index (χ3n) is 3.83. The molecule has 3 rings (SSSR count). The number of hydrogen-bond acceptors (Lipinski definition) is 5. The highest BCUT2D eigenvalue weighted by Gasteiger charge is 2.42. The first-order valence-electron chi connectivity index (χ1n) is 7.17. The van der Waals surface area contributed by atoms with E-state index in [9.17, 15) is 24.8 Å². The third-order valence-corrected chi connectivity index (χ3v) is 4.08. The minimum Gasteiger partial charge on any atom is -0.507 e. The van der Waals surface area contributed by atoms with Gasteiger partial charge in [0, 0.05) is 16.7 Å². The maximum Gasteiger partial charge on any atom is 0.293 e. The smallest absolute Gasteiger partial charge is 0.293 e. The molecule has 0 spiro atoms. The molecule has 1 amide bonds. The van der Waals surface area contributed by atoms with Gasteiger partial charge in [0.25, 0.3) is 17.4 Å². The standard InChI is InChI=1S/C17H11ClN2O5/c18-10-7-5-9(6-8-10)15(21)13-14(19-17(23)16(13)22)11-3-1-2-4-12(11)20(24)25/h1-8,14,21H,(H,19,23)/t14-/m0/s1. The number of hydrogen-bond donors (Lipinski definition) is 2. The van der Waals surface area contributed by atoms with E-state index in [0.29, 0.717) is 5.02 Å². The maximum absolute atomic E-state index is 12.2. The largest absolute Gasteiger partial charge is 0.507 e. The lowest BCUT2D eigenvalue weighted by atomic mass is 9.95. The average Bonchev–Trinajstić information content (AvgIpc) is 2.90. The molecule has 2 aromatic carbocycles. The fourth-order valence-electron chi connectivity index (χ4n) is 2.66. The molecule has 1 fully saturated rings. The normalized spacial score (nSPS) is 18.8. The van der Waals surface area contributed by atoms with Crippen molar-refractivity contribution in [2.24, 2.45) is 0 Å². The van der Waals surface area contributed by atoms with E-state index in [2.05, 4.69) is 5.32 Å². The van der Waals surface area contributed by atoms with E-state index in [0.717, 1.165) is 0 Å². The molecule has 1 aliphatic rings. The summed E-state index contributed by atoms with van der Waals surface area (Å²) in [7, 11) is 0. The number of rotatable bonds is 3. The summed E-state index contributed by atoms with van der Waals surface area (Å²) in [6.07, 6.45) is 0. The highest BCUT2D eigenvalue weighted by atomic mass is 35.5. The molecule has 0 bridgehead atoms. The van der Waals surface area contributed by atoms with Crippen LogP contribution in [0.5, 0.6) is 0 Å². The number of nitrogens with one attached hydrogen (secondary N) is 1. The molecule has 1 atom stereocenters. The second-order valence-corrected chi connectivity index (χ2v) is 5.76. The number of aliphatic hydroxyl groups is 1. The first-order valence-corrected chi connectivity index (χ1v) is 7.55. The zero-order valence-corrected chi connectivity index (χ0v) is 13.4. The molecule has 1 heterocycles. The van der Waals surface area contributed by atoms with Crippen LogP contribution < -0.4 is 5.32 Å². The first kappa shape index (κ1) is 16.7. The van der Waals surface area contributed by atoms with Crippen molar-refractivity contribution in [3.05, 3.63) is 80.4 Å². The Labute approximate surface area is 146 Å². The molecule has 0 saturated carbocycles. The summed E-state index contributed by atoms with van der Waals surface area (Å²) in [5, 5.41) is 24.6. The lowest BCUT2D eigenvalue weighted by molar-refractivity contribution is -0.385. The van der Waals surface area contributed by atoms with Crippen LogP contribution >= 0.6 is 11.6 Å². The number of carbonyl (C=O) groups is 2.